The van der Waals surface area contributed by atoms with E-state index in [1.165, 1.54) is 0 Å². The maximum Gasteiger partial charge on any atom is 0.338 e. The first-order valence-corrected chi connectivity index (χ1v) is 10.6. The third-order valence-electron chi connectivity index (χ3n) is 5.32. The van der Waals surface area contributed by atoms with E-state index in [4.69, 9.17) is 9.15 Å². The number of anilines is 2. The van der Waals surface area contributed by atoms with E-state index in [-0.39, 0.29) is 11.4 Å². The minimum absolute atomic E-state index is 0.157. The predicted molar refractivity (Wildman–Crippen MR) is 125 cm³/mol. The number of likely N-dealkylation sites (N-methyl/N-ethyl adjacent to an activating group) is 1. The fourth-order valence-corrected chi connectivity index (χ4v) is 3.45. The Hall–Kier alpha value is -3.65. The normalized spacial score (nSPS) is 14.8. The Morgan fingerprint density at radius 1 is 1.12 bits per heavy atom. The molecule has 0 bridgehead atoms. The zero-order valence-electron chi connectivity index (χ0n) is 18.2. The zero-order chi connectivity index (χ0) is 22.5. The van der Waals surface area contributed by atoms with Crippen molar-refractivity contribution in [1.82, 2.24) is 9.91 Å². The number of nitrogens with one attached hydrogen (secondary N) is 1. The van der Waals surface area contributed by atoms with E-state index >= 15 is 0 Å². The molecule has 0 spiro atoms. The van der Waals surface area contributed by atoms with Gasteiger partial charge in [-0.25, -0.2) is 4.79 Å². The van der Waals surface area contributed by atoms with Gasteiger partial charge in [0.25, 0.3) is 0 Å². The van der Waals surface area contributed by atoms with Crippen molar-refractivity contribution in [1.29, 1.82) is 0 Å². The van der Waals surface area contributed by atoms with Crippen LogP contribution in [0.3, 0.4) is 0 Å². The van der Waals surface area contributed by atoms with Gasteiger partial charge < -0.3 is 19.4 Å². The highest BCUT2D eigenvalue weighted by atomic mass is 16.5. The Balaban J connectivity index is 1.66. The van der Waals surface area contributed by atoms with Crippen LogP contribution < -0.4 is 10.7 Å². The first kappa shape index (κ1) is 21.6. The van der Waals surface area contributed by atoms with Crippen LogP contribution in [0.2, 0.25) is 0 Å². The molecule has 8 heteroatoms. The van der Waals surface area contributed by atoms with Crippen LogP contribution in [-0.2, 0) is 4.74 Å². The highest BCUT2D eigenvalue weighted by molar-refractivity contribution is 5.93. The number of esters is 1. The van der Waals surface area contributed by atoms with E-state index in [0.717, 1.165) is 26.2 Å². The third-order valence-corrected chi connectivity index (χ3v) is 5.32. The number of ether oxygens (including phenoxy) is 1. The molecular formula is C24H26N4O4. The summed E-state index contributed by atoms with van der Waals surface area (Å²) >= 11 is 0. The molecular weight excluding hydrogens is 408 g/mol. The molecule has 1 N–H and O–H groups in total. The van der Waals surface area contributed by atoms with Crippen molar-refractivity contribution in [3.8, 4) is 0 Å². The van der Waals surface area contributed by atoms with Gasteiger partial charge in [0.15, 0.2) is 0 Å². The third kappa shape index (κ3) is 4.81. The molecule has 0 atom stereocenters. The summed E-state index contributed by atoms with van der Waals surface area (Å²) in [5.74, 6) is -0.0771. The van der Waals surface area contributed by atoms with E-state index in [1.807, 2.05) is 17.1 Å². The quantitative estimate of drug-likeness (QED) is 0.470. The van der Waals surface area contributed by atoms with Gasteiger partial charge >= 0.3 is 5.97 Å². The molecule has 166 valence electrons. The Labute approximate surface area is 186 Å². The van der Waals surface area contributed by atoms with Gasteiger partial charge in [-0.2, -0.15) is 5.10 Å². The SMILES string of the molecule is CCOC(=O)c1ccc(Nc2oc3ccccc3c(=O)c2C=NN2CCN(C)CC2)cc1. The van der Waals surface area contributed by atoms with E-state index in [9.17, 15) is 9.59 Å². The van der Waals surface area contributed by atoms with Gasteiger partial charge in [0, 0.05) is 31.9 Å². The topological polar surface area (TPSA) is 87.4 Å². The molecule has 8 nitrogen and oxygen atoms in total. The molecule has 1 fully saturated rings. The highest BCUT2D eigenvalue weighted by Crippen LogP contribution is 2.23. The fraction of sp³-hybridized carbons (Fsp3) is 0.292. The number of hydrazone groups is 1. The second kappa shape index (κ2) is 9.65. The summed E-state index contributed by atoms with van der Waals surface area (Å²) in [7, 11) is 2.08. The van der Waals surface area contributed by atoms with Crippen molar-refractivity contribution in [2.24, 2.45) is 5.10 Å². The van der Waals surface area contributed by atoms with Crippen LogP contribution >= 0.6 is 0 Å². The summed E-state index contributed by atoms with van der Waals surface area (Å²) in [6, 6.07) is 13.9. The molecule has 1 aliphatic rings. The zero-order valence-corrected chi connectivity index (χ0v) is 18.2. The molecule has 1 aliphatic heterocycles. The number of nitrogens with zero attached hydrogens (tertiary/aromatic N) is 3. The summed E-state index contributed by atoms with van der Waals surface area (Å²) in [6.07, 6.45) is 1.57. The van der Waals surface area contributed by atoms with Crippen molar-refractivity contribution in [2.75, 3.05) is 45.2 Å². The number of rotatable bonds is 6. The van der Waals surface area contributed by atoms with Crippen LogP contribution in [-0.4, -0.2) is 61.9 Å². The van der Waals surface area contributed by atoms with E-state index < -0.39 is 0 Å². The van der Waals surface area contributed by atoms with Gasteiger partial charge in [0.1, 0.15) is 11.1 Å². The number of benzene rings is 2. The summed E-state index contributed by atoms with van der Waals surface area (Å²) in [4.78, 5) is 27.3. The molecule has 32 heavy (non-hydrogen) atoms. The second-order valence-corrected chi connectivity index (χ2v) is 7.59. The monoisotopic (exact) mass is 434 g/mol. The van der Waals surface area contributed by atoms with E-state index in [0.29, 0.717) is 40.3 Å². The number of carbonyl (C=O) groups is 1. The van der Waals surface area contributed by atoms with Crippen molar-refractivity contribution >= 4 is 34.7 Å². The standard InChI is InChI=1S/C24H26N4O4/c1-3-31-24(30)17-8-10-18(11-9-17)26-23-20(16-25-28-14-12-27(2)13-15-28)22(29)19-6-4-5-7-21(19)32-23/h4-11,16,26H,3,12-15H2,1-2H3. The van der Waals surface area contributed by atoms with Crippen molar-refractivity contribution in [3.05, 3.63) is 69.9 Å². The molecule has 0 aliphatic carbocycles. The van der Waals surface area contributed by atoms with Crippen molar-refractivity contribution < 1.29 is 13.9 Å². The maximum atomic E-state index is 13.2. The van der Waals surface area contributed by atoms with Gasteiger partial charge in [-0.1, -0.05) is 12.1 Å². The van der Waals surface area contributed by atoms with Gasteiger partial charge in [-0.3, -0.25) is 9.80 Å². The second-order valence-electron chi connectivity index (χ2n) is 7.59. The van der Waals surface area contributed by atoms with E-state index in [1.54, 1.807) is 49.5 Å². The molecule has 2 heterocycles. The van der Waals surface area contributed by atoms with E-state index in [2.05, 4.69) is 22.4 Å². The number of hydrogen-bond donors (Lipinski definition) is 1. The van der Waals surface area contributed by atoms with Gasteiger partial charge in [0.05, 0.1) is 23.8 Å². The number of carbonyl (C=O) groups excluding carboxylic acids is 1. The molecule has 2 aromatic carbocycles. The smallest absolute Gasteiger partial charge is 0.338 e. The number of hydrogen-bond acceptors (Lipinski definition) is 8. The number of fused-ring (bicyclic) bond motifs is 1. The van der Waals surface area contributed by atoms with Gasteiger partial charge in [-0.05, 0) is 50.4 Å². The van der Waals surface area contributed by atoms with Crippen LogP contribution in [0.1, 0.15) is 22.8 Å². The molecule has 0 unspecified atom stereocenters. The summed E-state index contributed by atoms with van der Waals surface area (Å²) in [5.41, 5.74) is 1.80. The van der Waals surface area contributed by atoms with Gasteiger partial charge in [-0.15, -0.1) is 0 Å². The molecule has 0 amide bonds. The lowest BCUT2D eigenvalue weighted by atomic mass is 10.1. The van der Waals surface area contributed by atoms with Crippen LogP contribution in [0.5, 0.6) is 0 Å². The lowest BCUT2D eigenvalue weighted by Crippen LogP contribution is -2.41. The minimum atomic E-state index is -0.378. The Bertz CT molecular complexity index is 1180. The van der Waals surface area contributed by atoms with Crippen molar-refractivity contribution in [2.45, 2.75) is 6.92 Å². The molecule has 1 aromatic heterocycles. The van der Waals surface area contributed by atoms with Crippen LogP contribution in [0.4, 0.5) is 11.6 Å². The first-order valence-electron chi connectivity index (χ1n) is 10.6. The average Bonchev–Trinajstić information content (AvgIpc) is 2.81. The number of para-hydroxylation sites is 1. The lowest BCUT2D eigenvalue weighted by Gasteiger charge is -2.30. The van der Waals surface area contributed by atoms with Gasteiger partial charge in [0.2, 0.25) is 11.3 Å². The first-order chi connectivity index (χ1) is 15.5. The molecule has 0 saturated carbocycles. The molecule has 3 aromatic rings. The van der Waals surface area contributed by atoms with Crippen LogP contribution in [0, 0.1) is 0 Å². The van der Waals surface area contributed by atoms with Crippen molar-refractivity contribution in [3.63, 3.8) is 0 Å². The van der Waals surface area contributed by atoms with Crippen LogP contribution in [0.15, 0.2) is 62.8 Å². The predicted octanol–water partition coefficient (Wildman–Crippen LogP) is 3.29. The summed E-state index contributed by atoms with van der Waals surface area (Å²) in [6.45, 7) is 5.51. The maximum absolute atomic E-state index is 13.2. The Morgan fingerprint density at radius 2 is 1.84 bits per heavy atom. The largest absolute Gasteiger partial charge is 0.462 e. The summed E-state index contributed by atoms with van der Waals surface area (Å²) in [5, 5.41) is 10.1. The highest BCUT2D eigenvalue weighted by Gasteiger charge is 2.16. The average molecular weight is 434 g/mol. The molecule has 4 rings (SSSR count). The fourth-order valence-electron chi connectivity index (χ4n) is 3.45. The Kier molecular flexibility index (Phi) is 6.51. The lowest BCUT2D eigenvalue weighted by molar-refractivity contribution is 0.0526. The Morgan fingerprint density at radius 3 is 2.56 bits per heavy atom. The molecule has 1 saturated heterocycles. The number of piperazine rings is 1. The minimum Gasteiger partial charge on any atom is -0.462 e. The molecule has 0 radical (unpaired) electrons. The van der Waals surface area contributed by atoms with Crippen LogP contribution in [0.25, 0.3) is 11.0 Å². The summed E-state index contributed by atoms with van der Waals surface area (Å²) < 4.78 is 11.1.